The molecule has 0 unspecified atom stereocenters. The van der Waals surface area contributed by atoms with Crippen LogP contribution in [0.1, 0.15) is 10.5 Å². The number of para-hydroxylation sites is 1. The molecule has 0 aliphatic heterocycles. The zero-order chi connectivity index (χ0) is 17.8. The van der Waals surface area contributed by atoms with Gasteiger partial charge < -0.3 is 10.6 Å². The van der Waals surface area contributed by atoms with Crippen LogP contribution in [0.3, 0.4) is 0 Å². The largest absolute Gasteiger partial charge is 0.337 e. The van der Waals surface area contributed by atoms with E-state index in [9.17, 15) is 13.6 Å². The third-order valence-electron chi connectivity index (χ3n) is 3.20. The molecular weight excluding hydrogens is 350 g/mol. The van der Waals surface area contributed by atoms with Crippen molar-refractivity contribution in [2.24, 2.45) is 0 Å². The summed E-state index contributed by atoms with van der Waals surface area (Å²) in [5.74, 6) is -1.26. The van der Waals surface area contributed by atoms with Crippen LogP contribution in [0, 0.1) is 11.6 Å². The van der Waals surface area contributed by atoms with Gasteiger partial charge in [-0.3, -0.25) is 4.79 Å². The van der Waals surface area contributed by atoms with Gasteiger partial charge in [-0.25, -0.2) is 18.7 Å². The Bertz CT molecular complexity index is 919. The molecule has 5 nitrogen and oxygen atoms in total. The molecule has 1 heterocycles. The lowest BCUT2D eigenvalue weighted by Gasteiger charge is -2.08. The molecule has 0 spiro atoms. The van der Waals surface area contributed by atoms with Crippen molar-refractivity contribution in [3.63, 3.8) is 0 Å². The van der Waals surface area contributed by atoms with Crippen molar-refractivity contribution in [2.75, 3.05) is 10.6 Å². The van der Waals surface area contributed by atoms with E-state index < -0.39 is 17.5 Å². The number of amides is 1. The highest BCUT2D eigenvalue weighted by Crippen LogP contribution is 2.20. The molecule has 2 aromatic carbocycles. The Balaban J connectivity index is 1.70. The monoisotopic (exact) mass is 360 g/mol. The van der Waals surface area contributed by atoms with E-state index >= 15 is 0 Å². The zero-order valence-electron chi connectivity index (χ0n) is 12.6. The molecule has 0 radical (unpaired) electrons. The Hall–Kier alpha value is -3.06. The van der Waals surface area contributed by atoms with E-state index in [1.165, 1.54) is 30.6 Å². The van der Waals surface area contributed by atoms with Gasteiger partial charge in [-0.05, 0) is 30.3 Å². The lowest BCUT2D eigenvalue weighted by atomic mass is 10.3. The lowest BCUT2D eigenvalue weighted by molar-refractivity contribution is 0.102. The Labute approximate surface area is 146 Å². The van der Waals surface area contributed by atoms with E-state index in [0.717, 1.165) is 6.07 Å². The number of hydrogen-bond acceptors (Lipinski definition) is 4. The van der Waals surface area contributed by atoms with Gasteiger partial charge in [-0.2, -0.15) is 0 Å². The first-order valence-corrected chi connectivity index (χ1v) is 7.51. The minimum atomic E-state index is -0.581. The fraction of sp³-hybridized carbons (Fsp3) is 0. The fourth-order valence-corrected chi connectivity index (χ4v) is 2.16. The van der Waals surface area contributed by atoms with Gasteiger partial charge in [0.25, 0.3) is 5.91 Å². The predicted molar refractivity (Wildman–Crippen MR) is 91.1 cm³/mol. The third kappa shape index (κ3) is 4.07. The smallest absolute Gasteiger partial charge is 0.275 e. The topological polar surface area (TPSA) is 66.9 Å². The van der Waals surface area contributed by atoms with Crippen molar-refractivity contribution in [3.05, 3.63) is 77.2 Å². The summed E-state index contributed by atoms with van der Waals surface area (Å²) in [5, 5.41) is 5.19. The Morgan fingerprint density at radius 2 is 1.80 bits per heavy atom. The molecule has 126 valence electrons. The van der Waals surface area contributed by atoms with Gasteiger partial charge in [0, 0.05) is 5.69 Å². The number of anilines is 3. The third-order valence-corrected chi connectivity index (χ3v) is 3.49. The van der Waals surface area contributed by atoms with Crippen LogP contribution in [0.15, 0.2) is 54.9 Å². The van der Waals surface area contributed by atoms with Gasteiger partial charge in [0.15, 0.2) is 0 Å². The molecule has 1 amide bonds. The second kappa shape index (κ2) is 7.23. The van der Waals surface area contributed by atoms with Crippen molar-refractivity contribution in [2.45, 2.75) is 0 Å². The Kier molecular flexibility index (Phi) is 4.85. The predicted octanol–water partition coefficient (Wildman–Crippen LogP) is 4.40. The molecule has 3 aromatic rings. The highest BCUT2D eigenvalue weighted by Gasteiger charge is 2.10. The second-order valence-corrected chi connectivity index (χ2v) is 5.38. The summed E-state index contributed by atoms with van der Waals surface area (Å²) < 4.78 is 26.7. The summed E-state index contributed by atoms with van der Waals surface area (Å²) in [5.41, 5.74) is 0.612. The summed E-state index contributed by atoms with van der Waals surface area (Å²) in [4.78, 5) is 20.1. The Morgan fingerprint density at radius 3 is 2.48 bits per heavy atom. The molecule has 0 aliphatic carbocycles. The highest BCUT2D eigenvalue weighted by molar-refractivity contribution is 6.31. The molecule has 2 N–H and O–H groups in total. The minimum Gasteiger partial charge on any atom is -0.337 e. The van der Waals surface area contributed by atoms with Gasteiger partial charge in [-0.1, -0.05) is 23.7 Å². The molecular formula is C17H11ClF2N4O. The molecule has 0 bridgehead atoms. The first-order chi connectivity index (χ1) is 12.0. The maximum Gasteiger partial charge on any atom is 0.275 e. The molecule has 0 atom stereocenters. The van der Waals surface area contributed by atoms with E-state index in [1.807, 2.05) is 0 Å². The average molecular weight is 361 g/mol. The second-order valence-electron chi connectivity index (χ2n) is 4.97. The van der Waals surface area contributed by atoms with E-state index in [2.05, 4.69) is 20.6 Å². The lowest BCUT2D eigenvalue weighted by Crippen LogP contribution is -2.14. The van der Waals surface area contributed by atoms with Crippen molar-refractivity contribution in [3.8, 4) is 0 Å². The molecule has 3 rings (SSSR count). The van der Waals surface area contributed by atoms with Gasteiger partial charge in [0.1, 0.15) is 23.1 Å². The average Bonchev–Trinajstić information content (AvgIpc) is 2.61. The van der Waals surface area contributed by atoms with Crippen molar-refractivity contribution in [1.82, 2.24) is 9.97 Å². The number of rotatable bonds is 4. The summed E-state index contributed by atoms with van der Waals surface area (Å²) in [6.45, 7) is 0. The number of benzene rings is 2. The summed E-state index contributed by atoms with van der Waals surface area (Å²) >= 11 is 5.66. The minimum absolute atomic E-state index is 0.0412. The first kappa shape index (κ1) is 16.8. The number of carbonyl (C=O) groups is 1. The quantitative estimate of drug-likeness (QED) is 0.723. The number of nitrogens with one attached hydrogen (secondary N) is 2. The van der Waals surface area contributed by atoms with Crippen LogP contribution in [0.4, 0.5) is 26.0 Å². The number of carbonyl (C=O) groups excluding carboxylic acids is 1. The van der Waals surface area contributed by atoms with Gasteiger partial charge in [0.2, 0.25) is 0 Å². The van der Waals surface area contributed by atoms with E-state index in [1.54, 1.807) is 18.2 Å². The van der Waals surface area contributed by atoms with Crippen molar-refractivity contribution >= 4 is 34.7 Å². The SMILES string of the molecule is O=C(Nc1ccc(F)c(Cl)c1)c1cnc(Nc2ccccc2F)cn1. The standard InChI is InChI=1S/C17H11ClF2N4O/c18-11-7-10(5-6-12(11)19)23-17(25)15-8-22-16(9-21-15)24-14-4-2-1-3-13(14)20/h1-9H,(H,22,24)(H,23,25). The fourth-order valence-electron chi connectivity index (χ4n) is 1.98. The molecule has 1 aromatic heterocycles. The number of aromatic nitrogens is 2. The molecule has 0 fully saturated rings. The molecule has 25 heavy (non-hydrogen) atoms. The number of hydrogen-bond donors (Lipinski definition) is 2. The van der Waals surface area contributed by atoms with Gasteiger partial charge >= 0.3 is 0 Å². The van der Waals surface area contributed by atoms with Gasteiger partial charge in [0.05, 0.1) is 23.1 Å². The van der Waals surface area contributed by atoms with Crippen LogP contribution in [-0.2, 0) is 0 Å². The summed E-state index contributed by atoms with van der Waals surface area (Å²) in [7, 11) is 0. The maximum absolute atomic E-state index is 13.6. The molecule has 8 heteroatoms. The molecule has 0 saturated heterocycles. The number of halogens is 3. The van der Waals surface area contributed by atoms with Crippen molar-refractivity contribution < 1.29 is 13.6 Å². The highest BCUT2D eigenvalue weighted by atomic mass is 35.5. The molecule has 0 saturated carbocycles. The summed E-state index contributed by atoms with van der Waals surface area (Å²) in [6.07, 6.45) is 2.54. The maximum atomic E-state index is 13.6. The Morgan fingerprint density at radius 1 is 1.00 bits per heavy atom. The molecule has 0 aliphatic rings. The van der Waals surface area contributed by atoms with Crippen LogP contribution in [0.2, 0.25) is 5.02 Å². The van der Waals surface area contributed by atoms with Crippen LogP contribution in [0.25, 0.3) is 0 Å². The van der Waals surface area contributed by atoms with E-state index in [-0.39, 0.29) is 22.2 Å². The van der Waals surface area contributed by atoms with Crippen LogP contribution < -0.4 is 10.6 Å². The van der Waals surface area contributed by atoms with E-state index in [4.69, 9.17) is 11.6 Å². The van der Waals surface area contributed by atoms with Crippen molar-refractivity contribution in [1.29, 1.82) is 0 Å². The van der Waals surface area contributed by atoms with E-state index in [0.29, 0.717) is 5.69 Å². The van der Waals surface area contributed by atoms with Crippen LogP contribution in [0.5, 0.6) is 0 Å². The normalized spacial score (nSPS) is 10.4. The van der Waals surface area contributed by atoms with Crippen LogP contribution >= 0.6 is 11.6 Å². The van der Waals surface area contributed by atoms with Gasteiger partial charge in [-0.15, -0.1) is 0 Å². The first-order valence-electron chi connectivity index (χ1n) is 7.13. The summed E-state index contributed by atoms with van der Waals surface area (Å²) in [6, 6.07) is 9.92. The zero-order valence-corrected chi connectivity index (χ0v) is 13.4. The van der Waals surface area contributed by atoms with Crippen LogP contribution in [-0.4, -0.2) is 15.9 Å². The number of nitrogens with zero attached hydrogens (tertiary/aromatic N) is 2.